The summed E-state index contributed by atoms with van der Waals surface area (Å²) in [5.74, 6) is -0.636. The lowest BCUT2D eigenvalue weighted by Crippen LogP contribution is -2.29. The van der Waals surface area contributed by atoms with Crippen LogP contribution >= 0.6 is 0 Å². The molecule has 0 fully saturated rings. The summed E-state index contributed by atoms with van der Waals surface area (Å²) in [4.78, 5) is 14.7. The van der Waals surface area contributed by atoms with E-state index in [0.717, 1.165) is 18.7 Å². The van der Waals surface area contributed by atoms with Gasteiger partial charge in [-0.15, -0.1) is 0 Å². The number of alkyl halides is 3. The van der Waals surface area contributed by atoms with Gasteiger partial charge in [-0.05, 0) is 25.8 Å². The third-order valence-corrected chi connectivity index (χ3v) is 4.82. The largest absolute Gasteiger partial charge is 0.501 e. The van der Waals surface area contributed by atoms with Crippen molar-refractivity contribution in [1.29, 1.82) is 0 Å². The highest BCUT2D eigenvalue weighted by atomic mass is 32.2. The molecule has 0 bridgehead atoms. The van der Waals surface area contributed by atoms with Gasteiger partial charge >= 0.3 is 5.51 Å². The van der Waals surface area contributed by atoms with Crippen LogP contribution in [0.3, 0.4) is 0 Å². The van der Waals surface area contributed by atoms with Crippen molar-refractivity contribution in [2.24, 2.45) is 5.73 Å². The van der Waals surface area contributed by atoms with Crippen molar-refractivity contribution in [2.45, 2.75) is 53.0 Å². The Kier molecular flexibility index (Phi) is 11.2. The van der Waals surface area contributed by atoms with E-state index < -0.39 is 37.4 Å². The average molecular weight is 390 g/mol. The normalized spacial score (nSPS) is 13.8. The number of sulfone groups is 1. The highest BCUT2D eigenvalue weighted by Gasteiger charge is 2.47. The van der Waals surface area contributed by atoms with E-state index in [1.54, 1.807) is 0 Å². The zero-order chi connectivity index (χ0) is 20.4. The topological polar surface area (TPSA) is 110 Å². The summed E-state index contributed by atoms with van der Waals surface area (Å²) in [5, 5.41) is 8.86. The Morgan fingerprint density at radius 3 is 2.08 bits per heavy atom. The fourth-order valence-electron chi connectivity index (χ4n) is 1.51. The Morgan fingerprint density at radius 1 is 1.28 bits per heavy atom. The Labute approximate surface area is 145 Å². The van der Waals surface area contributed by atoms with Gasteiger partial charge in [0.05, 0.1) is 4.91 Å². The molecule has 1 amide bonds. The molecule has 0 unspecified atom stereocenters. The molecule has 0 aromatic rings. The zero-order valence-electron chi connectivity index (χ0n) is 14.8. The first-order valence-corrected chi connectivity index (χ1v) is 8.96. The van der Waals surface area contributed by atoms with E-state index in [1.807, 2.05) is 20.8 Å². The number of halogens is 3. The lowest BCUT2D eigenvalue weighted by atomic mass is 10.2. The monoisotopic (exact) mass is 390 g/mol. The number of rotatable bonds is 8. The second-order valence-corrected chi connectivity index (χ2v) is 6.67. The summed E-state index contributed by atoms with van der Waals surface area (Å²) >= 11 is 0. The van der Waals surface area contributed by atoms with Gasteiger partial charge in [0.2, 0.25) is 6.41 Å². The minimum absolute atomic E-state index is 0.0783. The van der Waals surface area contributed by atoms with Gasteiger partial charge in [0.1, 0.15) is 5.70 Å². The molecule has 0 radical (unpaired) electrons. The molecule has 0 spiro atoms. The van der Waals surface area contributed by atoms with Crippen molar-refractivity contribution in [2.75, 3.05) is 6.54 Å². The Morgan fingerprint density at radius 2 is 1.76 bits per heavy atom. The van der Waals surface area contributed by atoms with Crippen molar-refractivity contribution in [3.8, 4) is 0 Å². The third-order valence-electron chi connectivity index (χ3n) is 3.10. The van der Waals surface area contributed by atoms with Gasteiger partial charge in [0.15, 0.2) is 0 Å². The quantitative estimate of drug-likeness (QED) is 0.217. The number of carbonyl (C=O) groups excluding carboxylic acids is 1. The third kappa shape index (κ3) is 6.58. The van der Waals surface area contributed by atoms with E-state index in [2.05, 4.69) is 4.89 Å². The van der Waals surface area contributed by atoms with Crippen LogP contribution in [0.4, 0.5) is 13.2 Å². The van der Waals surface area contributed by atoms with Crippen LogP contribution in [0, 0.1) is 0 Å². The maximum atomic E-state index is 12.6. The van der Waals surface area contributed by atoms with E-state index in [1.165, 1.54) is 0 Å². The van der Waals surface area contributed by atoms with Crippen molar-refractivity contribution in [3.63, 3.8) is 0 Å². The predicted molar refractivity (Wildman–Crippen MR) is 87.3 cm³/mol. The molecule has 0 atom stereocenters. The smallest absolute Gasteiger partial charge is 0.394 e. The summed E-state index contributed by atoms with van der Waals surface area (Å²) in [6.07, 6.45) is 1.44. The summed E-state index contributed by atoms with van der Waals surface area (Å²) in [6.45, 7) is 7.63. The zero-order valence-corrected chi connectivity index (χ0v) is 15.7. The van der Waals surface area contributed by atoms with E-state index in [9.17, 15) is 26.4 Å². The minimum atomic E-state index is -5.59. The van der Waals surface area contributed by atoms with Crippen LogP contribution in [0.15, 0.2) is 22.1 Å². The fourth-order valence-corrected chi connectivity index (χ4v) is 2.37. The molecule has 0 saturated heterocycles. The summed E-state index contributed by atoms with van der Waals surface area (Å²) < 4.78 is 60.4. The molecule has 25 heavy (non-hydrogen) atoms. The van der Waals surface area contributed by atoms with E-state index in [0.29, 0.717) is 12.8 Å². The first-order chi connectivity index (χ1) is 11.5. The first-order valence-electron chi connectivity index (χ1n) is 7.47. The van der Waals surface area contributed by atoms with Gasteiger partial charge in [-0.25, -0.2) is 13.7 Å². The molecule has 0 aliphatic rings. The van der Waals surface area contributed by atoms with Gasteiger partial charge in [-0.1, -0.05) is 27.2 Å². The van der Waals surface area contributed by atoms with Crippen molar-refractivity contribution >= 4 is 16.2 Å². The molecule has 7 nitrogen and oxygen atoms in total. The summed E-state index contributed by atoms with van der Waals surface area (Å²) in [5.41, 5.74) is -1.02. The van der Waals surface area contributed by atoms with Crippen LogP contribution < -0.4 is 5.73 Å². The highest BCUT2D eigenvalue weighted by molar-refractivity contribution is 7.96. The van der Waals surface area contributed by atoms with Gasteiger partial charge in [-0.3, -0.25) is 9.69 Å². The van der Waals surface area contributed by atoms with Crippen molar-refractivity contribution in [3.05, 3.63) is 22.1 Å². The molecule has 0 aromatic carbocycles. The molecular formula is C14H25F3N2O5S. The van der Waals surface area contributed by atoms with Crippen LogP contribution in [-0.4, -0.2) is 37.0 Å². The number of unbranched alkanes of at least 4 members (excludes halogenated alkanes) is 1. The van der Waals surface area contributed by atoms with Crippen LogP contribution in [-0.2, 0) is 19.5 Å². The number of hydrogen-bond acceptors (Lipinski definition) is 6. The molecule has 0 aliphatic heterocycles. The van der Waals surface area contributed by atoms with Gasteiger partial charge < -0.3 is 10.6 Å². The second-order valence-electron chi connectivity index (χ2n) is 4.59. The number of amides is 1. The number of nitrogens with zero attached hydrogens (tertiary/aromatic N) is 1. The van der Waals surface area contributed by atoms with Gasteiger partial charge in [0.25, 0.3) is 15.7 Å². The second kappa shape index (κ2) is 11.0. The Balaban J connectivity index is 0. The molecule has 11 heteroatoms. The molecule has 0 saturated carbocycles. The van der Waals surface area contributed by atoms with Crippen LogP contribution in [0.1, 0.15) is 47.5 Å². The molecule has 0 aromatic heterocycles. The number of nitrogens with two attached hydrogens (primary N) is 1. The van der Waals surface area contributed by atoms with Crippen molar-refractivity contribution in [1.82, 2.24) is 4.90 Å². The lowest BCUT2D eigenvalue weighted by Gasteiger charge is -2.20. The summed E-state index contributed by atoms with van der Waals surface area (Å²) in [7, 11) is -5.59. The molecule has 0 aliphatic carbocycles. The maximum Gasteiger partial charge on any atom is 0.501 e. The van der Waals surface area contributed by atoms with E-state index >= 15 is 0 Å². The average Bonchev–Trinajstić information content (AvgIpc) is 2.57. The molecule has 3 N–H and O–H groups in total. The summed E-state index contributed by atoms with van der Waals surface area (Å²) in [6, 6.07) is 0. The Hall–Kier alpha value is -1.75. The predicted octanol–water partition coefficient (Wildman–Crippen LogP) is 3.12. The van der Waals surface area contributed by atoms with Gasteiger partial charge in [0, 0.05) is 6.54 Å². The number of carbonyl (C=O) groups is 1. The fraction of sp³-hybridized carbons (Fsp3) is 0.643. The number of hydrogen-bond donors (Lipinski definition) is 2. The van der Waals surface area contributed by atoms with Crippen LogP contribution in [0.5, 0.6) is 0 Å². The van der Waals surface area contributed by atoms with E-state index in [4.69, 9.17) is 11.0 Å². The molecule has 148 valence electrons. The number of allylic oxidation sites excluding steroid dienone is 2. The Bertz CT molecular complexity index is 598. The van der Waals surface area contributed by atoms with Gasteiger partial charge in [-0.2, -0.15) is 13.2 Å². The van der Waals surface area contributed by atoms with Crippen molar-refractivity contribution < 1.29 is 36.5 Å². The minimum Gasteiger partial charge on any atom is -0.394 e. The highest BCUT2D eigenvalue weighted by Crippen LogP contribution is 2.32. The van der Waals surface area contributed by atoms with Crippen LogP contribution in [0.2, 0.25) is 0 Å². The van der Waals surface area contributed by atoms with Crippen LogP contribution in [0.25, 0.3) is 0 Å². The first kappa shape index (κ1) is 25.5. The molecular weight excluding hydrogens is 365 g/mol. The standard InChI is InChI=1S/C12H19F3N2O5S.C2H6/c1-4-5-6-17(7-18)11(22-19)10(16)8(2)9(3)23(20,21)12(13,14)15;1-2/h7,19H,4-6,16H2,1-3H3;1-2H3/b9-8+,11-10-;. The lowest BCUT2D eigenvalue weighted by molar-refractivity contribution is -0.223. The SMILES string of the molecule is CC.CCCCN(C=O)/C(OO)=C(N)\C(C)=C(/C)S(=O)(=O)C(F)(F)F. The molecule has 0 rings (SSSR count). The molecule has 0 heterocycles. The van der Waals surface area contributed by atoms with E-state index in [-0.39, 0.29) is 13.0 Å². The maximum absolute atomic E-state index is 12.6.